The first-order chi connectivity index (χ1) is 9.74. The number of fused-ring (bicyclic) bond motifs is 1. The lowest BCUT2D eigenvalue weighted by Gasteiger charge is -2.03. The molecule has 2 nitrogen and oxygen atoms in total. The van der Waals surface area contributed by atoms with Crippen molar-refractivity contribution in [2.75, 3.05) is 0 Å². The Morgan fingerprint density at radius 3 is 2.45 bits per heavy atom. The lowest BCUT2D eigenvalue weighted by atomic mass is 10.1. The van der Waals surface area contributed by atoms with Crippen LogP contribution in [0.1, 0.15) is 12.7 Å². The number of hydrogen-bond acceptors (Lipinski definition) is 2. The summed E-state index contributed by atoms with van der Waals surface area (Å²) in [6.07, 6.45) is 0. The van der Waals surface area contributed by atoms with Crippen molar-refractivity contribution in [2.24, 2.45) is 4.99 Å². The molecule has 2 heteroatoms. The van der Waals surface area contributed by atoms with E-state index in [-0.39, 0.29) is 0 Å². The summed E-state index contributed by atoms with van der Waals surface area (Å²) < 4.78 is 5.89. The number of hydrogen-bond donors (Lipinski definition) is 0. The third kappa shape index (κ3) is 2.41. The van der Waals surface area contributed by atoms with Crippen LogP contribution in [-0.4, -0.2) is 0 Å². The maximum absolute atomic E-state index is 5.89. The van der Waals surface area contributed by atoms with Crippen molar-refractivity contribution in [3.63, 3.8) is 0 Å². The van der Waals surface area contributed by atoms with Crippen molar-refractivity contribution in [3.05, 3.63) is 78.6 Å². The average Bonchev–Trinajstić information content (AvgIpc) is 2.48. The van der Waals surface area contributed by atoms with Gasteiger partial charge in [-0.05, 0) is 42.1 Å². The smallest absolute Gasteiger partial charge is 0.227 e. The molecule has 0 aliphatic rings. The predicted molar refractivity (Wildman–Crippen MR) is 82.6 cm³/mol. The van der Waals surface area contributed by atoms with E-state index in [0.717, 1.165) is 27.8 Å². The molecule has 0 amide bonds. The van der Waals surface area contributed by atoms with Gasteiger partial charge in [-0.15, -0.1) is 0 Å². The lowest BCUT2D eigenvalue weighted by molar-refractivity contribution is 0.493. The second-order valence-electron chi connectivity index (χ2n) is 4.73. The van der Waals surface area contributed by atoms with Crippen molar-refractivity contribution in [1.82, 2.24) is 0 Å². The van der Waals surface area contributed by atoms with Gasteiger partial charge >= 0.3 is 0 Å². The quantitative estimate of drug-likeness (QED) is 0.656. The van der Waals surface area contributed by atoms with Crippen molar-refractivity contribution < 1.29 is 4.42 Å². The van der Waals surface area contributed by atoms with Crippen LogP contribution in [0.15, 0.2) is 76.7 Å². The Kier molecular flexibility index (Phi) is 3.21. The molecule has 1 heterocycles. The first-order valence-corrected chi connectivity index (χ1v) is 6.52. The molecule has 20 heavy (non-hydrogen) atoms. The number of nitrogens with zero attached hydrogens (tertiary/aromatic N) is 1. The van der Waals surface area contributed by atoms with E-state index in [9.17, 15) is 0 Å². The zero-order valence-corrected chi connectivity index (χ0v) is 11.3. The fourth-order valence-corrected chi connectivity index (χ4v) is 2.06. The molecule has 0 fully saturated rings. The second kappa shape index (κ2) is 5.17. The summed E-state index contributed by atoms with van der Waals surface area (Å²) in [4.78, 5) is 4.60. The molecule has 98 valence electrons. The minimum Gasteiger partial charge on any atom is -0.438 e. The normalized spacial score (nSPS) is 11.8. The lowest BCUT2D eigenvalue weighted by Crippen LogP contribution is -2.03. The minimum absolute atomic E-state index is 0.618. The molecule has 0 bridgehead atoms. The molecule has 0 saturated heterocycles. The fraction of sp³-hybridized carbons (Fsp3) is 0.0556. The molecule has 2 aromatic carbocycles. The largest absolute Gasteiger partial charge is 0.438 e. The van der Waals surface area contributed by atoms with Gasteiger partial charge in [0.15, 0.2) is 0 Å². The van der Waals surface area contributed by atoms with Crippen molar-refractivity contribution >= 4 is 22.0 Å². The minimum atomic E-state index is 0.618. The number of para-hydroxylation sites is 1. The van der Waals surface area contributed by atoms with Gasteiger partial charge in [0.1, 0.15) is 5.76 Å². The topological polar surface area (TPSA) is 25.5 Å². The van der Waals surface area contributed by atoms with Crippen LogP contribution < -0.4 is 5.55 Å². The van der Waals surface area contributed by atoms with Crippen LogP contribution >= 0.6 is 0 Å². The summed E-state index contributed by atoms with van der Waals surface area (Å²) in [7, 11) is 0. The van der Waals surface area contributed by atoms with E-state index in [2.05, 4.69) is 17.6 Å². The number of rotatable bonds is 2. The summed E-state index contributed by atoms with van der Waals surface area (Å²) in [5.74, 6) is 0.762. The Morgan fingerprint density at radius 2 is 1.70 bits per heavy atom. The monoisotopic (exact) mass is 261 g/mol. The van der Waals surface area contributed by atoms with Gasteiger partial charge in [-0.1, -0.05) is 43.0 Å². The van der Waals surface area contributed by atoms with Crippen LogP contribution in [-0.2, 0) is 0 Å². The fourth-order valence-electron chi connectivity index (χ4n) is 2.06. The summed E-state index contributed by atoms with van der Waals surface area (Å²) in [5.41, 5.74) is 2.38. The Bertz CT molecular complexity index is 829. The molecule has 0 aliphatic heterocycles. The van der Waals surface area contributed by atoms with Crippen LogP contribution in [0, 0.1) is 0 Å². The van der Waals surface area contributed by atoms with Gasteiger partial charge in [0.05, 0.1) is 5.69 Å². The molecule has 0 spiro atoms. The van der Waals surface area contributed by atoms with E-state index in [1.165, 1.54) is 0 Å². The summed E-state index contributed by atoms with van der Waals surface area (Å²) in [5, 5.41) is 2.10. The Morgan fingerprint density at radius 1 is 1.00 bits per heavy atom. The van der Waals surface area contributed by atoms with E-state index in [1.54, 1.807) is 0 Å². The van der Waals surface area contributed by atoms with Gasteiger partial charge in [0.2, 0.25) is 5.55 Å². The molecule has 0 unspecified atom stereocenters. The molecule has 0 radical (unpaired) electrons. The molecular weight excluding hydrogens is 246 g/mol. The molecule has 0 atom stereocenters. The average molecular weight is 261 g/mol. The molecule has 0 aliphatic carbocycles. The van der Waals surface area contributed by atoms with Gasteiger partial charge in [0, 0.05) is 5.39 Å². The number of allylic oxidation sites excluding steroid dienone is 1. The van der Waals surface area contributed by atoms with Crippen LogP contribution in [0.2, 0.25) is 0 Å². The Labute approximate surface area is 117 Å². The maximum atomic E-state index is 5.89. The van der Waals surface area contributed by atoms with Crippen LogP contribution in [0.3, 0.4) is 0 Å². The van der Waals surface area contributed by atoms with Crippen molar-refractivity contribution in [2.45, 2.75) is 6.92 Å². The van der Waals surface area contributed by atoms with Gasteiger partial charge in [0.25, 0.3) is 0 Å². The molecular formula is C18H15NO. The van der Waals surface area contributed by atoms with Crippen LogP contribution in [0.4, 0.5) is 5.69 Å². The van der Waals surface area contributed by atoms with Crippen LogP contribution in [0.5, 0.6) is 0 Å². The van der Waals surface area contributed by atoms with Crippen LogP contribution in [0.25, 0.3) is 16.3 Å². The molecule has 3 aromatic rings. The molecule has 0 saturated carbocycles. The van der Waals surface area contributed by atoms with E-state index in [1.807, 2.05) is 61.5 Å². The standard InChI is InChI=1S/C18H15NO/c1-13(2)17-12-14-8-6-7-11-16(14)18(20-17)19-15-9-4-3-5-10-15/h3-12H,1H2,2H3. The third-order valence-electron chi connectivity index (χ3n) is 3.09. The zero-order valence-electron chi connectivity index (χ0n) is 11.3. The first kappa shape index (κ1) is 12.4. The van der Waals surface area contributed by atoms with Crippen molar-refractivity contribution in [1.29, 1.82) is 0 Å². The SMILES string of the molecule is C=C(C)c1cc2ccccc2c(=Nc2ccccc2)o1. The van der Waals surface area contributed by atoms with Gasteiger partial charge in [-0.25, -0.2) is 4.99 Å². The molecule has 1 aromatic heterocycles. The molecule has 0 N–H and O–H groups in total. The second-order valence-corrected chi connectivity index (χ2v) is 4.73. The van der Waals surface area contributed by atoms with Crippen molar-refractivity contribution in [3.8, 4) is 0 Å². The Hall–Kier alpha value is -2.61. The van der Waals surface area contributed by atoms with E-state index in [0.29, 0.717) is 5.55 Å². The summed E-state index contributed by atoms with van der Waals surface area (Å²) >= 11 is 0. The summed E-state index contributed by atoms with van der Waals surface area (Å²) in [6.45, 7) is 5.88. The highest BCUT2D eigenvalue weighted by Gasteiger charge is 2.03. The zero-order chi connectivity index (χ0) is 13.9. The Balaban J connectivity index is 2.33. The van der Waals surface area contributed by atoms with E-state index < -0.39 is 0 Å². The highest BCUT2D eigenvalue weighted by Crippen LogP contribution is 2.18. The van der Waals surface area contributed by atoms with Gasteiger partial charge < -0.3 is 4.42 Å². The van der Waals surface area contributed by atoms with Gasteiger partial charge in [-0.2, -0.15) is 0 Å². The number of benzene rings is 2. The third-order valence-corrected chi connectivity index (χ3v) is 3.09. The highest BCUT2D eigenvalue weighted by atomic mass is 16.3. The van der Waals surface area contributed by atoms with Gasteiger partial charge in [-0.3, -0.25) is 0 Å². The van der Waals surface area contributed by atoms with E-state index in [4.69, 9.17) is 4.42 Å². The maximum Gasteiger partial charge on any atom is 0.227 e. The first-order valence-electron chi connectivity index (χ1n) is 6.52. The summed E-state index contributed by atoms with van der Waals surface area (Å²) in [6, 6.07) is 19.9. The highest BCUT2D eigenvalue weighted by molar-refractivity contribution is 5.83. The predicted octanol–water partition coefficient (Wildman–Crippen LogP) is 4.70. The van der Waals surface area contributed by atoms with E-state index >= 15 is 0 Å². The molecule has 3 rings (SSSR count).